The number of likely N-dealkylation sites (N-methyl/N-ethyl adjacent to an activating group) is 1. The Morgan fingerprint density at radius 1 is 1.20 bits per heavy atom. The molecular weight excluding hydrogens is 422 g/mol. The number of rotatable bonds is 1. The predicted molar refractivity (Wildman–Crippen MR) is 107 cm³/mol. The van der Waals surface area contributed by atoms with Crippen molar-refractivity contribution in [3.63, 3.8) is 0 Å². The number of piperidine rings is 1. The van der Waals surface area contributed by atoms with Crippen molar-refractivity contribution in [3.05, 3.63) is 35.4 Å². The Balaban J connectivity index is 0.000000511. The fourth-order valence-corrected chi connectivity index (χ4v) is 5.39. The molecule has 0 amide bonds. The SMILES string of the molecule is COc1ccc2c3c1O[C@H]1[C@@H](O)C=C[C@H]4[C@@H](C2)N(C)CC[C@@]341.O.O.O.O=S(=O)(O)O. The summed E-state index contributed by atoms with van der Waals surface area (Å²) in [6, 6.07) is 4.70. The topological polar surface area (TPSA) is 211 Å². The number of nitrogens with zero attached hydrogens (tertiary/aromatic N) is 1. The highest BCUT2D eigenvalue weighted by atomic mass is 32.3. The predicted octanol–water partition coefficient (Wildman–Crippen LogP) is -1.63. The second-order valence-electron chi connectivity index (χ2n) is 7.56. The Morgan fingerprint density at radius 2 is 1.83 bits per heavy atom. The smallest absolute Gasteiger partial charge is 0.394 e. The molecule has 9 N–H and O–H groups in total. The van der Waals surface area contributed by atoms with Gasteiger partial charge in [0.05, 0.1) is 7.11 Å². The third-order valence-electron chi connectivity index (χ3n) is 6.35. The maximum Gasteiger partial charge on any atom is 0.394 e. The van der Waals surface area contributed by atoms with Gasteiger partial charge in [-0.15, -0.1) is 0 Å². The van der Waals surface area contributed by atoms with Gasteiger partial charge in [-0.05, 0) is 38.1 Å². The molecule has 172 valence electrons. The fourth-order valence-electron chi connectivity index (χ4n) is 5.39. The van der Waals surface area contributed by atoms with Crippen LogP contribution in [-0.2, 0) is 22.2 Å². The Morgan fingerprint density at radius 3 is 2.43 bits per heavy atom. The standard InChI is InChI=1S/C18H21NO3.H2O4S.3H2O/c1-19-8-7-18-11-4-5-13(20)17(18)22-16-14(21-2)6-3-10(15(16)18)9-12(11)19;1-5(2,3)4;;;/h3-6,11-13,17,20H,7-9H2,1-2H3;(H2,1,2,3,4);3*1H2/t11-,12+,13-,17-,18-;;;;/m0..../s1. The van der Waals surface area contributed by atoms with Crippen LogP contribution in [0.2, 0.25) is 0 Å². The van der Waals surface area contributed by atoms with Crippen molar-refractivity contribution in [2.24, 2.45) is 5.92 Å². The number of hydrogen-bond donors (Lipinski definition) is 3. The Bertz CT molecular complexity index is 896. The molecule has 1 aromatic carbocycles. The van der Waals surface area contributed by atoms with Crippen LogP contribution in [-0.4, -0.2) is 82.9 Å². The Kier molecular flexibility index (Phi) is 7.67. The molecule has 5 rings (SSSR count). The van der Waals surface area contributed by atoms with Crippen LogP contribution in [0.4, 0.5) is 0 Å². The highest BCUT2D eigenvalue weighted by Gasteiger charge is 2.64. The lowest BCUT2D eigenvalue weighted by Crippen LogP contribution is -2.64. The van der Waals surface area contributed by atoms with Crippen LogP contribution in [0.25, 0.3) is 0 Å². The minimum atomic E-state index is -4.67. The van der Waals surface area contributed by atoms with E-state index < -0.39 is 16.5 Å². The van der Waals surface area contributed by atoms with Crippen LogP contribution >= 0.6 is 0 Å². The van der Waals surface area contributed by atoms with Gasteiger partial charge in [0.15, 0.2) is 11.5 Å². The highest BCUT2D eigenvalue weighted by molar-refractivity contribution is 7.79. The average Bonchev–Trinajstić information content (AvgIpc) is 2.93. The number of benzene rings is 1. The molecule has 1 fully saturated rings. The molecule has 0 saturated carbocycles. The summed E-state index contributed by atoms with van der Waals surface area (Å²) >= 11 is 0. The quantitative estimate of drug-likeness (QED) is 0.332. The van der Waals surface area contributed by atoms with E-state index in [0.29, 0.717) is 12.0 Å². The van der Waals surface area contributed by atoms with E-state index in [0.717, 1.165) is 30.9 Å². The summed E-state index contributed by atoms with van der Waals surface area (Å²) in [7, 11) is -0.760. The van der Waals surface area contributed by atoms with Gasteiger partial charge in [-0.1, -0.05) is 18.2 Å². The molecule has 1 spiro atoms. The molecule has 1 aromatic rings. The molecule has 2 aliphatic carbocycles. The van der Waals surface area contributed by atoms with Crippen LogP contribution in [0, 0.1) is 5.92 Å². The zero-order valence-corrected chi connectivity index (χ0v) is 17.4. The lowest BCUT2D eigenvalue weighted by molar-refractivity contribution is -0.0453. The van der Waals surface area contributed by atoms with Crippen molar-refractivity contribution in [1.29, 1.82) is 0 Å². The zero-order chi connectivity index (χ0) is 19.6. The van der Waals surface area contributed by atoms with E-state index >= 15 is 0 Å². The first-order valence-corrected chi connectivity index (χ1v) is 10.2. The van der Waals surface area contributed by atoms with Crippen molar-refractivity contribution >= 4 is 10.4 Å². The van der Waals surface area contributed by atoms with Crippen LogP contribution < -0.4 is 9.47 Å². The monoisotopic (exact) mass is 451 g/mol. The third kappa shape index (κ3) is 3.81. The summed E-state index contributed by atoms with van der Waals surface area (Å²) < 4.78 is 43.4. The van der Waals surface area contributed by atoms with Crippen LogP contribution in [0.1, 0.15) is 17.5 Å². The van der Waals surface area contributed by atoms with E-state index in [1.54, 1.807) is 7.11 Å². The molecule has 2 heterocycles. The fraction of sp³-hybridized carbons (Fsp3) is 0.556. The van der Waals surface area contributed by atoms with Crippen LogP contribution in [0.5, 0.6) is 11.5 Å². The molecule has 4 aliphatic rings. The van der Waals surface area contributed by atoms with E-state index in [9.17, 15) is 5.11 Å². The number of methoxy groups -OCH3 is 1. The van der Waals surface area contributed by atoms with Crippen molar-refractivity contribution < 1.29 is 48.5 Å². The molecule has 1 saturated heterocycles. The second-order valence-corrected chi connectivity index (χ2v) is 8.46. The Hall–Kier alpha value is -1.77. The zero-order valence-electron chi connectivity index (χ0n) is 16.6. The lowest BCUT2D eigenvalue weighted by Gasteiger charge is -2.56. The third-order valence-corrected chi connectivity index (χ3v) is 6.35. The van der Waals surface area contributed by atoms with Gasteiger partial charge in [0.1, 0.15) is 12.2 Å². The summed E-state index contributed by atoms with van der Waals surface area (Å²) in [5.41, 5.74) is 2.60. The van der Waals surface area contributed by atoms with Crippen LogP contribution in [0.3, 0.4) is 0 Å². The first kappa shape index (κ1) is 26.3. The van der Waals surface area contributed by atoms with Gasteiger partial charge in [-0.3, -0.25) is 9.11 Å². The number of hydrogen-bond acceptors (Lipinski definition) is 6. The average molecular weight is 451 g/mol. The molecule has 11 nitrogen and oxygen atoms in total. The number of aliphatic hydroxyl groups is 1. The molecule has 0 aromatic heterocycles. The van der Waals surface area contributed by atoms with Gasteiger partial charge in [-0.2, -0.15) is 8.42 Å². The number of aliphatic hydroxyl groups excluding tert-OH is 1. The molecule has 0 unspecified atom stereocenters. The summed E-state index contributed by atoms with van der Waals surface area (Å²) in [6.07, 6.45) is 5.54. The van der Waals surface area contributed by atoms with Gasteiger partial charge in [-0.25, -0.2) is 0 Å². The van der Waals surface area contributed by atoms with E-state index in [2.05, 4.69) is 24.1 Å². The van der Waals surface area contributed by atoms with Gasteiger partial charge in [0, 0.05) is 22.9 Å². The number of likely N-dealkylation sites (tertiary alicyclic amines) is 1. The lowest BCUT2D eigenvalue weighted by atomic mass is 9.53. The van der Waals surface area contributed by atoms with E-state index in [1.165, 1.54) is 11.1 Å². The molecule has 30 heavy (non-hydrogen) atoms. The van der Waals surface area contributed by atoms with Crippen LogP contribution in [0.15, 0.2) is 24.3 Å². The Labute approximate surface area is 174 Å². The first-order chi connectivity index (χ1) is 12.7. The summed E-state index contributed by atoms with van der Waals surface area (Å²) in [4.78, 5) is 2.47. The summed E-state index contributed by atoms with van der Waals surface area (Å²) in [5.74, 6) is 2.09. The number of ether oxygens (including phenoxy) is 2. The van der Waals surface area contributed by atoms with Crippen molar-refractivity contribution in [2.45, 2.75) is 36.5 Å². The maximum absolute atomic E-state index is 10.6. The minimum Gasteiger partial charge on any atom is -0.493 e. The highest BCUT2D eigenvalue weighted by Crippen LogP contribution is 2.62. The molecule has 5 atom stereocenters. The van der Waals surface area contributed by atoms with Gasteiger partial charge in [0.2, 0.25) is 0 Å². The van der Waals surface area contributed by atoms with Crippen molar-refractivity contribution in [1.82, 2.24) is 4.90 Å². The minimum absolute atomic E-state index is 0. The van der Waals surface area contributed by atoms with E-state index in [1.807, 2.05) is 12.1 Å². The second kappa shape index (κ2) is 8.77. The van der Waals surface area contributed by atoms with Gasteiger partial charge in [0.25, 0.3) is 0 Å². The molecule has 2 aliphatic heterocycles. The normalized spacial score (nSPS) is 32.0. The molecular formula is C18H29NO10S. The summed E-state index contributed by atoms with van der Waals surface area (Å²) in [6.45, 7) is 1.05. The van der Waals surface area contributed by atoms with E-state index in [-0.39, 0.29) is 27.9 Å². The van der Waals surface area contributed by atoms with Crippen molar-refractivity contribution in [2.75, 3.05) is 20.7 Å². The molecule has 0 radical (unpaired) electrons. The van der Waals surface area contributed by atoms with Crippen molar-refractivity contribution in [3.8, 4) is 11.5 Å². The largest absolute Gasteiger partial charge is 0.493 e. The maximum atomic E-state index is 10.6. The first-order valence-electron chi connectivity index (χ1n) is 8.80. The van der Waals surface area contributed by atoms with Gasteiger partial charge >= 0.3 is 10.4 Å². The summed E-state index contributed by atoms with van der Waals surface area (Å²) in [5, 5.41) is 10.6. The molecule has 12 heteroatoms. The van der Waals surface area contributed by atoms with Gasteiger partial charge < -0.3 is 35.9 Å². The molecule has 2 bridgehead atoms. The van der Waals surface area contributed by atoms with E-state index in [4.69, 9.17) is 27.0 Å².